The first-order valence-electron chi connectivity index (χ1n) is 9.25. The lowest BCUT2D eigenvalue weighted by Crippen LogP contribution is -2.35. The molecule has 2 aliphatic carbocycles. The van der Waals surface area contributed by atoms with Crippen LogP contribution in [0.25, 0.3) is 0 Å². The predicted molar refractivity (Wildman–Crippen MR) is 103 cm³/mol. The molecule has 140 valence electrons. The Balaban J connectivity index is 1.39. The Labute approximate surface area is 161 Å². The number of nitrogens with zero attached hydrogens (tertiary/aromatic N) is 1. The normalized spacial score (nSPS) is 19.1. The highest BCUT2D eigenvalue weighted by Crippen LogP contribution is 2.34. The first kappa shape index (κ1) is 17.9. The highest BCUT2D eigenvalue weighted by atomic mass is 32.1. The van der Waals surface area contributed by atoms with Gasteiger partial charge in [-0.1, -0.05) is 48.1 Å². The zero-order valence-electron chi connectivity index (χ0n) is 14.9. The summed E-state index contributed by atoms with van der Waals surface area (Å²) in [6.45, 7) is 0.441. The Bertz CT molecular complexity index is 874. The van der Waals surface area contributed by atoms with Crippen molar-refractivity contribution in [2.24, 2.45) is 11.8 Å². The molecule has 7 heteroatoms. The van der Waals surface area contributed by atoms with Gasteiger partial charge in [-0.05, 0) is 18.4 Å². The Morgan fingerprint density at radius 2 is 1.85 bits per heavy atom. The van der Waals surface area contributed by atoms with E-state index in [0.29, 0.717) is 28.7 Å². The van der Waals surface area contributed by atoms with Gasteiger partial charge < -0.3 is 10.6 Å². The van der Waals surface area contributed by atoms with Crippen LogP contribution in [0.1, 0.15) is 46.6 Å². The molecule has 27 heavy (non-hydrogen) atoms. The minimum absolute atomic E-state index is 0.0167. The van der Waals surface area contributed by atoms with Crippen LogP contribution in [0.15, 0.2) is 30.3 Å². The van der Waals surface area contributed by atoms with Crippen LogP contribution in [0, 0.1) is 11.8 Å². The van der Waals surface area contributed by atoms with Crippen molar-refractivity contribution in [3.63, 3.8) is 0 Å². The molecule has 0 aliphatic heterocycles. The van der Waals surface area contributed by atoms with Gasteiger partial charge in [0.05, 0.1) is 16.5 Å². The number of Topliss-reactive ketones (excluding diaryl/α,β-unsaturated/α-hetero) is 1. The second-order valence-electron chi connectivity index (χ2n) is 7.14. The molecule has 1 heterocycles. The molecule has 6 nitrogen and oxygen atoms in total. The van der Waals surface area contributed by atoms with Gasteiger partial charge in [-0.3, -0.25) is 14.4 Å². The van der Waals surface area contributed by atoms with Crippen molar-refractivity contribution < 1.29 is 14.4 Å². The average Bonchev–Trinajstić information content (AvgIpc) is 3.02. The van der Waals surface area contributed by atoms with E-state index in [2.05, 4.69) is 15.6 Å². The van der Waals surface area contributed by atoms with Crippen LogP contribution in [0.4, 0.5) is 5.13 Å². The fourth-order valence-electron chi connectivity index (χ4n) is 3.38. The molecule has 0 bridgehead atoms. The lowest BCUT2D eigenvalue weighted by molar-refractivity contribution is -0.125. The Kier molecular flexibility index (Phi) is 5.03. The number of benzene rings is 1. The van der Waals surface area contributed by atoms with Crippen molar-refractivity contribution in [2.75, 3.05) is 5.32 Å². The van der Waals surface area contributed by atoms with E-state index < -0.39 is 5.92 Å². The van der Waals surface area contributed by atoms with Gasteiger partial charge in [0, 0.05) is 25.3 Å². The zero-order chi connectivity index (χ0) is 18.8. The average molecular weight is 383 g/mol. The van der Waals surface area contributed by atoms with Crippen LogP contribution in [0.3, 0.4) is 0 Å². The third-order valence-corrected chi connectivity index (χ3v) is 6.26. The first-order chi connectivity index (χ1) is 13.1. The van der Waals surface area contributed by atoms with Crippen LogP contribution in [-0.2, 0) is 22.6 Å². The van der Waals surface area contributed by atoms with E-state index in [1.54, 1.807) is 0 Å². The van der Waals surface area contributed by atoms with Crippen LogP contribution in [0.5, 0.6) is 0 Å². The number of hydrogen-bond donors (Lipinski definition) is 2. The number of amides is 2. The molecular weight excluding hydrogens is 362 g/mol. The minimum atomic E-state index is -0.411. The molecule has 2 amide bonds. The van der Waals surface area contributed by atoms with Gasteiger partial charge in [-0.15, -0.1) is 0 Å². The van der Waals surface area contributed by atoms with Gasteiger partial charge >= 0.3 is 0 Å². The number of nitrogens with one attached hydrogen (secondary N) is 2. The van der Waals surface area contributed by atoms with Gasteiger partial charge in [-0.2, -0.15) is 0 Å². The van der Waals surface area contributed by atoms with E-state index >= 15 is 0 Å². The lowest BCUT2D eigenvalue weighted by Gasteiger charge is -2.23. The minimum Gasteiger partial charge on any atom is -0.352 e. The van der Waals surface area contributed by atoms with E-state index in [1.165, 1.54) is 11.3 Å². The smallest absolute Gasteiger partial charge is 0.229 e. The number of carbonyl (C=O) groups is 3. The van der Waals surface area contributed by atoms with Gasteiger partial charge in [0.1, 0.15) is 0 Å². The monoisotopic (exact) mass is 383 g/mol. The second-order valence-corrected chi connectivity index (χ2v) is 8.14. The Morgan fingerprint density at radius 1 is 1.07 bits per heavy atom. The molecule has 1 fully saturated rings. The predicted octanol–water partition coefficient (Wildman–Crippen LogP) is 2.94. The summed E-state index contributed by atoms with van der Waals surface area (Å²) in [6.07, 6.45) is 3.53. The van der Waals surface area contributed by atoms with Crippen molar-refractivity contribution in [3.05, 3.63) is 46.5 Å². The zero-order valence-corrected chi connectivity index (χ0v) is 15.7. The largest absolute Gasteiger partial charge is 0.352 e. The standard InChI is InChI=1S/C20H21N3O3S/c24-16-10-14(18(25)21-11-12-5-2-1-3-6-12)9-15-17(16)27-20(22-15)23-19(26)13-7-4-8-13/h1-3,5-6,13-14H,4,7-11H2,(H,21,25)(H,22,23,26)/t14-/m1/s1. The third kappa shape index (κ3) is 3.93. The topological polar surface area (TPSA) is 88.2 Å². The summed E-state index contributed by atoms with van der Waals surface area (Å²) in [5.41, 5.74) is 1.64. The van der Waals surface area contributed by atoms with Crippen molar-refractivity contribution in [3.8, 4) is 0 Å². The van der Waals surface area contributed by atoms with Crippen molar-refractivity contribution in [1.29, 1.82) is 0 Å². The van der Waals surface area contributed by atoms with E-state index in [0.717, 1.165) is 24.8 Å². The summed E-state index contributed by atoms with van der Waals surface area (Å²) < 4.78 is 0. The highest BCUT2D eigenvalue weighted by Gasteiger charge is 2.33. The summed E-state index contributed by atoms with van der Waals surface area (Å²) in [4.78, 5) is 42.0. The number of rotatable bonds is 5. The SMILES string of the molecule is O=C1C[C@H](C(=O)NCc2ccccc2)Cc2nc(NC(=O)C3CCC3)sc21. The molecule has 2 aliphatic rings. The van der Waals surface area contributed by atoms with Crippen molar-refractivity contribution in [2.45, 2.75) is 38.6 Å². The van der Waals surface area contributed by atoms with Gasteiger partial charge in [0.15, 0.2) is 10.9 Å². The molecule has 1 aromatic carbocycles. The fourth-order valence-corrected chi connectivity index (χ4v) is 4.32. The molecule has 0 spiro atoms. The molecular formula is C20H21N3O3S. The first-order valence-corrected chi connectivity index (χ1v) is 10.1. The molecule has 0 saturated heterocycles. The lowest BCUT2D eigenvalue weighted by atomic mass is 9.85. The summed E-state index contributed by atoms with van der Waals surface area (Å²) in [5, 5.41) is 6.20. The number of ketones is 1. The number of carbonyl (C=O) groups excluding carboxylic acids is 3. The molecule has 1 atom stereocenters. The number of hydrogen-bond acceptors (Lipinski definition) is 5. The van der Waals surface area contributed by atoms with E-state index in [-0.39, 0.29) is 29.9 Å². The molecule has 2 aromatic rings. The number of fused-ring (bicyclic) bond motifs is 1. The highest BCUT2D eigenvalue weighted by molar-refractivity contribution is 7.17. The third-order valence-electron chi connectivity index (χ3n) is 5.21. The second kappa shape index (κ2) is 7.60. The van der Waals surface area contributed by atoms with Crippen LogP contribution < -0.4 is 10.6 Å². The fraction of sp³-hybridized carbons (Fsp3) is 0.400. The van der Waals surface area contributed by atoms with Crippen LogP contribution >= 0.6 is 11.3 Å². The van der Waals surface area contributed by atoms with E-state index in [4.69, 9.17) is 0 Å². The summed E-state index contributed by atoms with van der Waals surface area (Å²) >= 11 is 1.22. The summed E-state index contributed by atoms with van der Waals surface area (Å²) in [6, 6.07) is 9.67. The van der Waals surface area contributed by atoms with E-state index in [9.17, 15) is 14.4 Å². The molecule has 2 N–H and O–H groups in total. The Hall–Kier alpha value is -2.54. The van der Waals surface area contributed by atoms with Crippen molar-refractivity contribution >= 4 is 34.1 Å². The van der Waals surface area contributed by atoms with Gasteiger partial charge in [0.25, 0.3) is 0 Å². The molecule has 4 rings (SSSR count). The number of thiazole rings is 1. The van der Waals surface area contributed by atoms with E-state index in [1.807, 2.05) is 30.3 Å². The number of anilines is 1. The van der Waals surface area contributed by atoms with Crippen molar-refractivity contribution in [1.82, 2.24) is 10.3 Å². The molecule has 1 saturated carbocycles. The van der Waals surface area contributed by atoms with Crippen LogP contribution in [-0.4, -0.2) is 22.6 Å². The van der Waals surface area contributed by atoms with Gasteiger partial charge in [-0.25, -0.2) is 4.98 Å². The van der Waals surface area contributed by atoms with Gasteiger partial charge in [0.2, 0.25) is 11.8 Å². The van der Waals surface area contributed by atoms with Crippen LogP contribution in [0.2, 0.25) is 0 Å². The summed E-state index contributed by atoms with van der Waals surface area (Å²) in [7, 11) is 0. The maximum absolute atomic E-state index is 12.5. The molecule has 0 unspecified atom stereocenters. The maximum atomic E-state index is 12.5. The number of aromatic nitrogens is 1. The molecule has 1 aromatic heterocycles. The maximum Gasteiger partial charge on any atom is 0.229 e. The summed E-state index contributed by atoms with van der Waals surface area (Å²) in [5.74, 6) is -0.565. The quantitative estimate of drug-likeness (QED) is 0.831. The molecule has 0 radical (unpaired) electrons. The Morgan fingerprint density at radius 3 is 2.56 bits per heavy atom.